The zero-order chi connectivity index (χ0) is 12.6. The molecule has 0 heterocycles. The lowest BCUT2D eigenvalue weighted by atomic mass is 9.85. The van der Waals surface area contributed by atoms with E-state index in [9.17, 15) is 0 Å². The lowest BCUT2D eigenvalue weighted by Gasteiger charge is -2.21. The molecule has 0 saturated carbocycles. The molecule has 0 aromatic heterocycles. The molecule has 3 unspecified atom stereocenters. The van der Waals surface area contributed by atoms with E-state index < -0.39 is 0 Å². The zero-order valence-electron chi connectivity index (χ0n) is 12.3. The summed E-state index contributed by atoms with van der Waals surface area (Å²) in [4.78, 5) is 0. The molecule has 0 spiro atoms. The Morgan fingerprint density at radius 1 is 0.750 bits per heavy atom. The summed E-state index contributed by atoms with van der Waals surface area (Å²) in [5.74, 6) is 3.38. The average Bonchev–Trinajstić information content (AvgIpc) is 2.22. The Bertz CT molecular complexity index is 178. The molecule has 0 N–H and O–H groups in total. The van der Waals surface area contributed by atoms with Crippen LogP contribution in [-0.4, -0.2) is 0 Å². The third-order valence-corrected chi connectivity index (χ3v) is 3.77. The van der Waals surface area contributed by atoms with E-state index >= 15 is 0 Å². The van der Waals surface area contributed by atoms with Crippen molar-refractivity contribution < 1.29 is 0 Å². The Labute approximate surface area is 104 Å². The molecule has 3 atom stereocenters. The molecule has 0 aliphatic carbocycles. The van der Waals surface area contributed by atoms with Gasteiger partial charge in [0.1, 0.15) is 0 Å². The average molecular weight is 224 g/mol. The molecule has 16 heavy (non-hydrogen) atoms. The van der Waals surface area contributed by atoms with Crippen LogP contribution >= 0.6 is 0 Å². The van der Waals surface area contributed by atoms with E-state index in [-0.39, 0.29) is 0 Å². The van der Waals surface area contributed by atoms with Gasteiger partial charge >= 0.3 is 0 Å². The van der Waals surface area contributed by atoms with Crippen molar-refractivity contribution in [2.45, 2.75) is 67.2 Å². The van der Waals surface area contributed by atoms with E-state index in [2.05, 4.69) is 53.7 Å². The molecule has 0 bridgehead atoms. The summed E-state index contributed by atoms with van der Waals surface area (Å²) in [7, 11) is 0. The van der Waals surface area contributed by atoms with Gasteiger partial charge in [0, 0.05) is 0 Å². The maximum atomic E-state index is 2.42. The van der Waals surface area contributed by atoms with Crippen LogP contribution in [0.25, 0.3) is 0 Å². The van der Waals surface area contributed by atoms with Crippen LogP contribution in [0.4, 0.5) is 0 Å². The minimum atomic E-state index is 0.754. The Balaban J connectivity index is 3.74. The van der Waals surface area contributed by atoms with Crippen molar-refractivity contribution in [2.75, 3.05) is 0 Å². The molecule has 96 valence electrons. The fourth-order valence-electron chi connectivity index (χ4n) is 2.12. The van der Waals surface area contributed by atoms with Crippen molar-refractivity contribution in [2.24, 2.45) is 23.7 Å². The number of hydrogen-bond donors (Lipinski definition) is 0. The molecule has 0 aliphatic heterocycles. The van der Waals surface area contributed by atoms with Gasteiger partial charge in [-0.2, -0.15) is 0 Å². The molecule has 0 radical (unpaired) electrons. The highest BCUT2D eigenvalue weighted by molar-refractivity contribution is 4.83. The zero-order valence-corrected chi connectivity index (χ0v) is 12.3. The lowest BCUT2D eigenvalue weighted by molar-refractivity contribution is 0.307. The Morgan fingerprint density at radius 2 is 1.25 bits per heavy atom. The molecule has 0 heteroatoms. The third kappa shape index (κ3) is 7.96. The first kappa shape index (κ1) is 15.7. The predicted octanol–water partition coefficient (Wildman–Crippen LogP) is 5.69. The van der Waals surface area contributed by atoms with Crippen molar-refractivity contribution >= 4 is 0 Å². The van der Waals surface area contributed by atoms with Crippen LogP contribution in [0.15, 0.2) is 12.2 Å². The second kappa shape index (κ2) is 8.84. The standard InChI is InChI=1S/C16H32/c1-7-8-14(4)10-12-16(6)15(5)11-9-13(2)3/h7-8,13-16H,9-12H2,1-6H3. The van der Waals surface area contributed by atoms with Crippen molar-refractivity contribution in [1.29, 1.82) is 0 Å². The van der Waals surface area contributed by atoms with Gasteiger partial charge in [0.05, 0.1) is 0 Å². The van der Waals surface area contributed by atoms with Gasteiger partial charge in [-0.1, -0.05) is 59.6 Å². The fourth-order valence-corrected chi connectivity index (χ4v) is 2.12. The van der Waals surface area contributed by atoms with E-state index in [1.54, 1.807) is 0 Å². The van der Waals surface area contributed by atoms with Crippen LogP contribution < -0.4 is 0 Å². The molecule has 0 aromatic carbocycles. The van der Waals surface area contributed by atoms with Crippen LogP contribution in [0.2, 0.25) is 0 Å². The van der Waals surface area contributed by atoms with Crippen LogP contribution in [-0.2, 0) is 0 Å². The van der Waals surface area contributed by atoms with Gasteiger partial charge in [0.25, 0.3) is 0 Å². The number of rotatable bonds is 8. The van der Waals surface area contributed by atoms with Gasteiger partial charge in [0.2, 0.25) is 0 Å². The summed E-state index contributed by atoms with van der Waals surface area (Å²) < 4.78 is 0. The highest BCUT2D eigenvalue weighted by Crippen LogP contribution is 2.25. The lowest BCUT2D eigenvalue weighted by Crippen LogP contribution is -2.10. The summed E-state index contributed by atoms with van der Waals surface area (Å²) in [6, 6.07) is 0. The monoisotopic (exact) mass is 224 g/mol. The van der Waals surface area contributed by atoms with E-state index in [4.69, 9.17) is 0 Å². The van der Waals surface area contributed by atoms with Crippen molar-refractivity contribution in [3.63, 3.8) is 0 Å². The maximum absolute atomic E-state index is 2.42. The first-order valence-electron chi connectivity index (χ1n) is 7.10. The van der Waals surface area contributed by atoms with Crippen molar-refractivity contribution in [3.8, 4) is 0 Å². The minimum absolute atomic E-state index is 0.754. The van der Waals surface area contributed by atoms with Crippen LogP contribution in [0.1, 0.15) is 67.2 Å². The number of allylic oxidation sites excluding steroid dienone is 2. The summed E-state index contributed by atoms with van der Waals surface area (Å²) in [6.45, 7) is 13.9. The predicted molar refractivity (Wildman–Crippen MR) is 75.6 cm³/mol. The molecule has 0 aliphatic rings. The first-order valence-corrected chi connectivity index (χ1v) is 7.10. The summed E-state index contributed by atoms with van der Waals surface area (Å²) in [5.41, 5.74) is 0. The second-order valence-corrected chi connectivity index (χ2v) is 6.01. The molecule has 0 rings (SSSR count). The van der Waals surface area contributed by atoms with Gasteiger partial charge in [-0.3, -0.25) is 0 Å². The van der Waals surface area contributed by atoms with E-state index in [0.29, 0.717) is 0 Å². The van der Waals surface area contributed by atoms with Crippen LogP contribution in [0.3, 0.4) is 0 Å². The van der Waals surface area contributed by atoms with E-state index in [0.717, 1.165) is 23.7 Å². The Morgan fingerprint density at radius 3 is 1.69 bits per heavy atom. The third-order valence-electron chi connectivity index (χ3n) is 3.77. The molecule has 0 aromatic rings. The molecular formula is C16H32. The molecule has 0 nitrogen and oxygen atoms in total. The summed E-state index contributed by atoms with van der Waals surface area (Å²) in [6.07, 6.45) is 10.0. The smallest absolute Gasteiger partial charge is 0.0262 e. The highest BCUT2D eigenvalue weighted by Gasteiger charge is 2.13. The van der Waals surface area contributed by atoms with E-state index in [1.807, 2.05) is 0 Å². The Hall–Kier alpha value is -0.260. The van der Waals surface area contributed by atoms with Crippen LogP contribution in [0.5, 0.6) is 0 Å². The topological polar surface area (TPSA) is 0 Å². The molecule has 0 fully saturated rings. The maximum Gasteiger partial charge on any atom is -0.0262 e. The summed E-state index contributed by atoms with van der Waals surface area (Å²) >= 11 is 0. The largest absolute Gasteiger partial charge is 0.0914 e. The fraction of sp³-hybridized carbons (Fsp3) is 0.875. The van der Waals surface area contributed by atoms with Gasteiger partial charge < -0.3 is 0 Å². The second-order valence-electron chi connectivity index (χ2n) is 6.01. The highest BCUT2D eigenvalue weighted by atomic mass is 14.2. The number of hydrogen-bond acceptors (Lipinski definition) is 0. The van der Waals surface area contributed by atoms with Crippen molar-refractivity contribution in [3.05, 3.63) is 12.2 Å². The minimum Gasteiger partial charge on any atom is -0.0914 e. The van der Waals surface area contributed by atoms with Gasteiger partial charge in [-0.15, -0.1) is 0 Å². The molecular weight excluding hydrogens is 192 g/mol. The van der Waals surface area contributed by atoms with Gasteiger partial charge in [-0.05, 0) is 43.4 Å². The molecule has 0 amide bonds. The Kier molecular flexibility index (Phi) is 8.70. The summed E-state index contributed by atoms with van der Waals surface area (Å²) in [5, 5.41) is 0. The van der Waals surface area contributed by atoms with E-state index in [1.165, 1.54) is 25.7 Å². The van der Waals surface area contributed by atoms with Gasteiger partial charge in [-0.25, -0.2) is 0 Å². The normalized spacial score (nSPS) is 17.9. The SMILES string of the molecule is CC=CC(C)CCC(C)C(C)CCC(C)C. The van der Waals surface area contributed by atoms with Crippen molar-refractivity contribution in [1.82, 2.24) is 0 Å². The van der Waals surface area contributed by atoms with Gasteiger partial charge in [0.15, 0.2) is 0 Å². The van der Waals surface area contributed by atoms with Crippen LogP contribution in [0, 0.1) is 23.7 Å². The molecule has 0 saturated heterocycles. The first-order chi connectivity index (χ1) is 7.47. The quantitative estimate of drug-likeness (QED) is 0.465.